The molecule has 10 atom stereocenters. The van der Waals surface area contributed by atoms with Crippen molar-refractivity contribution in [1.29, 1.82) is 0 Å². The van der Waals surface area contributed by atoms with Gasteiger partial charge in [-0.2, -0.15) is 0 Å². The van der Waals surface area contributed by atoms with Crippen LogP contribution in [0, 0.1) is 0 Å². The minimum atomic E-state index is -1.56. The molecular weight excluding hydrogens is 428 g/mol. The Hall–Kier alpha value is -1.50. The Morgan fingerprint density at radius 1 is 0.710 bits per heavy atom. The maximum absolute atomic E-state index is 10.9. The van der Waals surface area contributed by atoms with Gasteiger partial charge >= 0.3 is 0 Å². The molecule has 15 heteroatoms. The van der Waals surface area contributed by atoms with Gasteiger partial charge in [0, 0.05) is 6.92 Å². The Morgan fingerprint density at radius 3 is 1.42 bits per heavy atom. The fraction of sp³-hybridized carbons (Fsp3) is 0.875. The van der Waals surface area contributed by atoms with Crippen molar-refractivity contribution in [2.75, 3.05) is 19.8 Å². The van der Waals surface area contributed by atoms with Crippen molar-refractivity contribution in [3.05, 3.63) is 0 Å². The third-order valence-electron chi connectivity index (χ3n) is 4.64. The van der Waals surface area contributed by atoms with Gasteiger partial charge in [-0.15, -0.1) is 0 Å². The summed E-state index contributed by atoms with van der Waals surface area (Å²) < 4.78 is 9.59. The minimum absolute atomic E-state index is 0.462. The van der Waals surface area contributed by atoms with E-state index in [0.29, 0.717) is 0 Å². The first-order valence-electron chi connectivity index (χ1n) is 9.26. The van der Waals surface area contributed by atoms with Crippen LogP contribution in [0.2, 0.25) is 0 Å². The summed E-state index contributed by atoms with van der Waals surface area (Å²) in [6, 6.07) is -2.35. The number of ether oxygens (including phenoxy) is 2. The van der Waals surface area contributed by atoms with Crippen molar-refractivity contribution in [2.24, 2.45) is 0 Å². The molecule has 15 nitrogen and oxygen atoms in total. The number of aliphatic hydroxyl groups is 9. The molecule has 31 heavy (non-hydrogen) atoms. The summed E-state index contributed by atoms with van der Waals surface area (Å²) in [6.07, 6.45) is -10.8. The van der Waals surface area contributed by atoms with Crippen molar-refractivity contribution in [1.82, 2.24) is 10.6 Å². The zero-order valence-electron chi connectivity index (χ0n) is 16.6. The van der Waals surface area contributed by atoms with E-state index in [0.717, 1.165) is 0 Å². The number of rotatable bonds is 5. The first kappa shape index (κ1) is 27.5. The predicted molar refractivity (Wildman–Crippen MR) is 96.6 cm³/mol. The van der Waals surface area contributed by atoms with Crippen molar-refractivity contribution in [3.8, 4) is 0 Å². The second-order valence-electron chi connectivity index (χ2n) is 6.94. The molecule has 0 aromatic carbocycles. The fourth-order valence-corrected chi connectivity index (χ4v) is 2.97. The second kappa shape index (κ2) is 12.5. The smallest absolute Gasteiger partial charge is 0.246 e. The number of hydrogen-bond acceptors (Lipinski definition) is 13. The summed E-state index contributed by atoms with van der Waals surface area (Å²) in [4.78, 5) is 21.6. The molecule has 2 aliphatic rings. The monoisotopic (exact) mass is 458 g/mol. The molecule has 182 valence electrons. The Labute approximate surface area is 176 Å². The second-order valence-corrected chi connectivity index (χ2v) is 6.94. The predicted octanol–water partition coefficient (Wildman–Crippen LogP) is -7.18. The highest BCUT2D eigenvalue weighted by Crippen LogP contribution is 2.20. The highest BCUT2D eigenvalue weighted by molar-refractivity contribution is 5.77. The molecular formula is C16H30N2O13. The molecule has 2 heterocycles. The van der Waals surface area contributed by atoms with Gasteiger partial charge in [-0.25, -0.2) is 0 Å². The van der Waals surface area contributed by atoms with Gasteiger partial charge in [0.05, 0.1) is 13.2 Å². The number of carbonyl (C=O) groups excluding carboxylic acids is 2. The highest BCUT2D eigenvalue weighted by atomic mass is 16.6. The standard InChI is InChI=1S/C8H15NO7.C8H15NO6/c10-1-3-6(13)7(14)5(8(15)16-3)9-4(12)2-11;1-3(11)9-5-7(13)6(12)4(2-10)15-8(5)14/h3,5-8,10-11,13-15H,1-2H2,(H,9,12);4-8,10,12-14H,2H2,1H3,(H,9,11)/t3-,5+,6-,7-,8?;4-,5+,6-,7-,8?/m11/s1. The Morgan fingerprint density at radius 2 is 1.10 bits per heavy atom. The third kappa shape index (κ3) is 7.26. The Kier molecular flexibility index (Phi) is 11.1. The van der Waals surface area contributed by atoms with E-state index in [2.05, 4.69) is 10.6 Å². The maximum Gasteiger partial charge on any atom is 0.246 e. The molecule has 0 radical (unpaired) electrons. The number of aliphatic hydroxyl groups excluding tert-OH is 9. The van der Waals surface area contributed by atoms with Crippen LogP contribution in [0.3, 0.4) is 0 Å². The van der Waals surface area contributed by atoms with E-state index in [1.165, 1.54) is 6.92 Å². The lowest BCUT2D eigenvalue weighted by atomic mass is 9.97. The average molecular weight is 458 g/mol. The van der Waals surface area contributed by atoms with E-state index in [1.54, 1.807) is 0 Å². The molecule has 0 spiro atoms. The van der Waals surface area contributed by atoms with E-state index in [9.17, 15) is 40.2 Å². The zero-order valence-corrected chi connectivity index (χ0v) is 16.6. The van der Waals surface area contributed by atoms with Crippen LogP contribution >= 0.6 is 0 Å². The molecule has 2 aliphatic heterocycles. The van der Waals surface area contributed by atoms with Gasteiger partial charge < -0.3 is 66.1 Å². The fourth-order valence-electron chi connectivity index (χ4n) is 2.97. The van der Waals surface area contributed by atoms with Gasteiger partial charge in [-0.1, -0.05) is 0 Å². The van der Waals surface area contributed by atoms with Gasteiger partial charge in [-0.3, -0.25) is 9.59 Å². The van der Waals surface area contributed by atoms with Gasteiger partial charge in [0.2, 0.25) is 11.8 Å². The highest BCUT2D eigenvalue weighted by Gasteiger charge is 2.45. The van der Waals surface area contributed by atoms with Crippen molar-refractivity contribution >= 4 is 11.8 Å². The number of carbonyl (C=O) groups is 2. The van der Waals surface area contributed by atoms with Crippen LogP contribution in [-0.4, -0.2) is 139 Å². The summed E-state index contributed by atoms with van der Waals surface area (Å²) in [7, 11) is 0. The van der Waals surface area contributed by atoms with Crippen molar-refractivity contribution in [3.63, 3.8) is 0 Å². The van der Waals surface area contributed by atoms with Crippen LogP contribution in [-0.2, 0) is 19.1 Å². The van der Waals surface area contributed by atoms with E-state index in [1.807, 2.05) is 0 Å². The van der Waals surface area contributed by atoms with Gasteiger partial charge in [0.1, 0.15) is 55.3 Å². The summed E-state index contributed by atoms with van der Waals surface area (Å²) in [5.74, 6) is -1.28. The van der Waals surface area contributed by atoms with Gasteiger partial charge in [-0.05, 0) is 0 Å². The lowest BCUT2D eigenvalue weighted by Crippen LogP contribution is -2.64. The molecule has 2 rings (SSSR count). The maximum atomic E-state index is 10.9. The Bertz CT molecular complexity index is 582. The first-order chi connectivity index (χ1) is 14.5. The summed E-state index contributed by atoms with van der Waals surface area (Å²) in [6.45, 7) is -0.697. The zero-order chi connectivity index (χ0) is 23.9. The third-order valence-corrected chi connectivity index (χ3v) is 4.64. The Balaban J connectivity index is 0.000000311. The molecule has 2 unspecified atom stereocenters. The molecule has 2 amide bonds. The SMILES string of the molecule is CC(=O)N[C@@H]1C(O)O[C@H](CO)[C@@H](O)[C@@H]1O.O=C(CO)N[C@@H]1C(O)O[C@H](CO)[C@@H](O)[C@@H]1O. The van der Waals surface area contributed by atoms with E-state index in [4.69, 9.17) is 24.8 Å². The van der Waals surface area contributed by atoms with Crippen LogP contribution in [0.25, 0.3) is 0 Å². The van der Waals surface area contributed by atoms with Crippen LogP contribution in [0.15, 0.2) is 0 Å². The molecule has 0 aromatic heterocycles. The van der Waals surface area contributed by atoms with E-state index >= 15 is 0 Å². The van der Waals surface area contributed by atoms with Crippen molar-refractivity contribution < 1.29 is 65.0 Å². The van der Waals surface area contributed by atoms with Gasteiger partial charge in [0.15, 0.2) is 12.6 Å². The number of amides is 2. The quantitative estimate of drug-likeness (QED) is 0.183. The topological polar surface area (TPSA) is 259 Å². The molecule has 2 fully saturated rings. The van der Waals surface area contributed by atoms with Crippen molar-refractivity contribution in [2.45, 2.75) is 68.2 Å². The van der Waals surface area contributed by atoms with Crippen LogP contribution in [0.5, 0.6) is 0 Å². The number of hydrogen-bond donors (Lipinski definition) is 11. The molecule has 0 aliphatic carbocycles. The van der Waals surface area contributed by atoms with Crippen LogP contribution in [0.1, 0.15) is 6.92 Å². The van der Waals surface area contributed by atoms with E-state index < -0.39 is 92.9 Å². The lowest BCUT2D eigenvalue weighted by Gasteiger charge is -2.40. The first-order valence-corrected chi connectivity index (χ1v) is 9.26. The molecule has 0 aromatic rings. The molecule has 2 saturated heterocycles. The average Bonchev–Trinajstić information content (AvgIpc) is 2.73. The normalized spacial score (nSPS) is 40.3. The van der Waals surface area contributed by atoms with Crippen LogP contribution in [0.4, 0.5) is 0 Å². The van der Waals surface area contributed by atoms with E-state index in [-0.39, 0.29) is 0 Å². The molecule has 0 bridgehead atoms. The molecule has 0 saturated carbocycles. The summed E-state index contributed by atoms with van der Waals surface area (Å²) >= 11 is 0. The van der Waals surface area contributed by atoms with Crippen LogP contribution < -0.4 is 10.6 Å². The molecule has 11 N–H and O–H groups in total. The summed E-state index contributed by atoms with van der Waals surface area (Å²) in [5.41, 5.74) is 0. The minimum Gasteiger partial charge on any atom is -0.394 e. The van der Waals surface area contributed by atoms with Gasteiger partial charge in [0.25, 0.3) is 0 Å². The largest absolute Gasteiger partial charge is 0.394 e. The number of nitrogens with one attached hydrogen (secondary N) is 2. The summed E-state index contributed by atoms with van der Waals surface area (Å²) in [5, 5.41) is 87.2. The lowest BCUT2D eigenvalue weighted by molar-refractivity contribution is -0.254.